The first kappa shape index (κ1) is 11.1. The zero-order chi connectivity index (χ0) is 10.9. The van der Waals surface area contributed by atoms with Gasteiger partial charge in [-0.1, -0.05) is 11.6 Å². The van der Waals surface area contributed by atoms with E-state index in [-0.39, 0.29) is 10.6 Å². The number of rotatable bonds is 1. The Kier molecular flexibility index (Phi) is 2.89. The van der Waals surface area contributed by atoms with Gasteiger partial charge in [-0.25, -0.2) is 4.39 Å². The molecule has 0 bridgehead atoms. The fraction of sp³-hybridized carbons (Fsp3) is 0.250. The summed E-state index contributed by atoms with van der Waals surface area (Å²) in [5.74, 6) is -1.55. The van der Waals surface area contributed by atoms with Gasteiger partial charge in [0, 0.05) is 6.07 Å². The molecule has 0 aliphatic rings. The van der Waals surface area contributed by atoms with Crippen LogP contribution in [0.3, 0.4) is 0 Å². The Morgan fingerprint density at radius 3 is 2.29 bits per heavy atom. The minimum absolute atomic E-state index is 0.186. The van der Waals surface area contributed by atoms with E-state index in [9.17, 15) is 17.6 Å². The van der Waals surface area contributed by atoms with E-state index in [1.807, 2.05) is 0 Å². The Morgan fingerprint density at radius 1 is 1.29 bits per heavy atom. The third-order valence-electron chi connectivity index (χ3n) is 1.42. The first-order valence-electron chi connectivity index (χ1n) is 3.51. The number of alkyl halides is 3. The van der Waals surface area contributed by atoms with Crippen LogP contribution in [0, 0.1) is 12.7 Å². The van der Waals surface area contributed by atoms with Crippen molar-refractivity contribution in [1.82, 2.24) is 0 Å². The Bertz CT molecular complexity index is 325. The smallest absolute Gasteiger partial charge is 0.406 e. The van der Waals surface area contributed by atoms with E-state index in [1.165, 1.54) is 6.92 Å². The van der Waals surface area contributed by atoms with Crippen LogP contribution < -0.4 is 4.74 Å². The number of hydrogen-bond acceptors (Lipinski definition) is 1. The molecule has 1 aromatic carbocycles. The average Bonchev–Trinajstić information content (AvgIpc) is 1.96. The highest BCUT2D eigenvalue weighted by molar-refractivity contribution is 6.31. The zero-order valence-corrected chi connectivity index (χ0v) is 7.71. The average molecular weight is 229 g/mol. The Hall–Kier alpha value is -0.970. The lowest BCUT2D eigenvalue weighted by molar-refractivity contribution is -0.274. The molecule has 0 radical (unpaired) electrons. The number of aryl methyl sites for hydroxylation is 1. The molecule has 0 aromatic heterocycles. The standard InChI is InChI=1S/C8H5ClF4O/c1-4-2-5(14-8(11,12)13)3-6(10)7(4)9/h2-3H,1H3. The molecule has 1 aromatic rings. The second-order valence-corrected chi connectivity index (χ2v) is 2.96. The summed E-state index contributed by atoms with van der Waals surface area (Å²) in [6.45, 7) is 1.38. The number of hydrogen-bond donors (Lipinski definition) is 0. The van der Waals surface area contributed by atoms with Gasteiger partial charge in [-0.15, -0.1) is 13.2 Å². The predicted octanol–water partition coefficient (Wildman–Crippen LogP) is 3.69. The van der Waals surface area contributed by atoms with Crippen molar-refractivity contribution in [2.24, 2.45) is 0 Å². The van der Waals surface area contributed by atoms with Crippen LogP contribution in [-0.2, 0) is 0 Å². The number of benzene rings is 1. The van der Waals surface area contributed by atoms with E-state index in [0.717, 1.165) is 6.07 Å². The number of ether oxygens (including phenoxy) is 1. The van der Waals surface area contributed by atoms with Gasteiger partial charge in [-0.2, -0.15) is 0 Å². The molecule has 0 saturated heterocycles. The molecule has 0 aliphatic heterocycles. The molecule has 0 heterocycles. The van der Waals surface area contributed by atoms with E-state index in [2.05, 4.69) is 4.74 Å². The third-order valence-corrected chi connectivity index (χ3v) is 1.90. The first-order chi connectivity index (χ1) is 6.29. The van der Waals surface area contributed by atoms with Crippen molar-refractivity contribution in [3.05, 3.63) is 28.5 Å². The molecule has 0 atom stereocenters. The van der Waals surface area contributed by atoms with Crippen LogP contribution in [0.2, 0.25) is 5.02 Å². The van der Waals surface area contributed by atoms with E-state index in [4.69, 9.17) is 11.6 Å². The van der Waals surface area contributed by atoms with Crippen LogP contribution in [0.4, 0.5) is 17.6 Å². The Labute approximate surface area is 82.2 Å². The fourth-order valence-electron chi connectivity index (χ4n) is 0.888. The van der Waals surface area contributed by atoms with Crippen LogP contribution in [0.5, 0.6) is 5.75 Å². The van der Waals surface area contributed by atoms with Crippen molar-refractivity contribution in [3.8, 4) is 5.75 Å². The molecule has 1 rings (SSSR count). The van der Waals surface area contributed by atoms with Gasteiger partial charge >= 0.3 is 6.36 Å². The van der Waals surface area contributed by atoms with E-state index in [1.54, 1.807) is 0 Å². The van der Waals surface area contributed by atoms with Gasteiger partial charge in [0.1, 0.15) is 11.6 Å². The summed E-state index contributed by atoms with van der Waals surface area (Å²) in [6.07, 6.45) is -4.83. The van der Waals surface area contributed by atoms with Crippen molar-refractivity contribution in [2.45, 2.75) is 13.3 Å². The van der Waals surface area contributed by atoms with Crippen LogP contribution in [0.25, 0.3) is 0 Å². The SMILES string of the molecule is Cc1cc(OC(F)(F)F)cc(F)c1Cl. The summed E-state index contributed by atoms with van der Waals surface area (Å²) >= 11 is 5.41. The van der Waals surface area contributed by atoms with E-state index < -0.39 is 17.9 Å². The molecule has 0 spiro atoms. The molecule has 0 aliphatic carbocycles. The second kappa shape index (κ2) is 3.65. The monoisotopic (exact) mass is 228 g/mol. The molecule has 0 N–H and O–H groups in total. The van der Waals surface area contributed by atoms with Gasteiger partial charge in [0.2, 0.25) is 0 Å². The normalized spacial score (nSPS) is 11.6. The minimum Gasteiger partial charge on any atom is -0.406 e. The molecule has 14 heavy (non-hydrogen) atoms. The maximum absolute atomic E-state index is 12.8. The lowest BCUT2D eigenvalue weighted by Crippen LogP contribution is -2.17. The molecule has 0 amide bonds. The van der Waals surface area contributed by atoms with Crippen molar-refractivity contribution in [3.63, 3.8) is 0 Å². The van der Waals surface area contributed by atoms with Gasteiger partial charge in [0.25, 0.3) is 0 Å². The summed E-state index contributed by atoms with van der Waals surface area (Å²) < 4.78 is 51.5. The zero-order valence-electron chi connectivity index (χ0n) is 6.95. The molecule has 6 heteroatoms. The third kappa shape index (κ3) is 2.77. The van der Waals surface area contributed by atoms with Crippen molar-refractivity contribution in [2.75, 3.05) is 0 Å². The highest BCUT2D eigenvalue weighted by Crippen LogP contribution is 2.28. The van der Waals surface area contributed by atoms with Crippen LogP contribution in [-0.4, -0.2) is 6.36 Å². The largest absolute Gasteiger partial charge is 0.573 e. The maximum atomic E-state index is 12.8. The molecular weight excluding hydrogens is 224 g/mol. The first-order valence-corrected chi connectivity index (χ1v) is 3.89. The molecule has 0 unspecified atom stereocenters. The van der Waals surface area contributed by atoms with Crippen molar-refractivity contribution in [1.29, 1.82) is 0 Å². The van der Waals surface area contributed by atoms with Crippen LogP contribution in [0.15, 0.2) is 12.1 Å². The highest BCUT2D eigenvalue weighted by atomic mass is 35.5. The molecule has 0 saturated carbocycles. The van der Waals surface area contributed by atoms with Gasteiger partial charge in [-0.05, 0) is 18.6 Å². The summed E-state index contributed by atoms with van der Waals surface area (Å²) in [6, 6.07) is 1.60. The lowest BCUT2D eigenvalue weighted by atomic mass is 10.2. The summed E-state index contributed by atoms with van der Waals surface area (Å²) in [4.78, 5) is 0. The quantitative estimate of drug-likeness (QED) is 0.666. The van der Waals surface area contributed by atoms with Crippen molar-refractivity contribution >= 4 is 11.6 Å². The summed E-state index contributed by atoms with van der Waals surface area (Å²) in [5.41, 5.74) is 0.186. The lowest BCUT2D eigenvalue weighted by Gasteiger charge is -2.10. The molecular formula is C8H5ClF4O. The van der Waals surface area contributed by atoms with Crippen LogP contribution >= 0.6 is 11.6 Å². The summed E-state index contributed by atoms with van der Waals surface area (Å²) in [7, 11) is 0. The second-order valence-electron chi connectivity index (χ2n) is 2.58. The van der Waals surface area contributed by atoms with Gasteiger partial charge in [-0.3, -0.25) is 0 Å². The molecule has 0 fully saturated rings. The fourth-order valence-corrected chi connectivity index (χ4v) is 0.997. The molecule has 78 valence electrons. The minimum atomic E-state index is -4.83. The number of halogens is 5. The Morgan fingerprint density at radius 2 is 1.86 bits per heavy atom. The maximum Gasteiger partial charge on any atom is 0.573 e. The predicted molar refractivity (Wildman–Crippen MR) is 42.8 cm³/mol. The topological polar surface area (TPSA) is 9.23 Å². The highest BCUT2D eigenvalue weighted by Gasteiger charge is 2.31. The Balaban J connectivity index is 3.02. The van der Waals surface area contributed by atoms with Gasteiger partial charge < -0.3 is 4.74 Å². The summed E-state index contributed by atoms with van der Waals surface area (Å²) in [5, 5.41) is -0.209. The van der Waals surface area contributed by atoms with Gasteiger partial charge in [0.05, 0.1) is 5.02 Å². The van der Waals surface area contributed by atoms with Crippen molar-refractivity contribution < 1.29 is 22.3 Å². The van der Waals surface area contributed by atoms with E-state index in [0.29, 0.717) is 6.07 Å². The van der Waals surface area contributed by atoms with Crippen LogP contribution in [0.1, 0.15) is 5.56 Å². The van der Waals surface area contributed by atoms with Gasteiger partial charge in [0.15, 0.2) is 0 Å². The molecule has 1 nitrogen and oxygen atoms in total. The van der Waals surface area contributed by atoms with E-state index >= 15 is 0 Å².